The maximum atomic E-state index is 12.2. The number of hydrogen-bond donors (Lipinski definition) is 3. The summed E-state index contributed by atoms with van der Waals surface area (Å²) >= 11 is 0. The number of nitrogens with zero attached hydrogens (tertiary/aromatic N) is 1. The second-order valence-corrected chi connectivity index (χ2v) is 5.98. The van der Waals surface area contributed by atoms with Crippen molar-refractivity contribution in [3.05, 3.63) is 0 Å². The van der Waals surface area contributed by atoms with Crippen LogP contribution < -0.4 is 16.0 Å². The summed E-state index contributed by atoms with van der Waals surface area (Å²) in [6, 6.07) is -1.67. The van der Waals surface area contributed by atoms with Gasteiger partial charge in [-0.2, -0.15) is 0 Å². The second kappa shape index (κ2) is 10.0. The summed E-state index contributed by atoms with van der Waals surface area (Å²) in [5.41, 5.74) is 0. The van der Waals surface area contributed by atoms with E-state index in [0.717, 1.165) is 32.4 Å². The zero-order chi connectivity index (χ0) is 18.1. The van der Waals surface area contributed by atoms with Gasteiger partial charge in [-0.1, -0.05) is 6.92 Å². The fraction of sp³-hybridized carbons (Fsp3) is 0.750. The lowest BCUT2D eigenvalue weighted by molar-refractivity contribution is -0.140. The quantitative estimate of drug-likeness (QED) is 0.476. The molecule has 2 unspecified atom stereocenters. The SMILES string of the molecule is CCCNC(=O)C(=O)C(C)NC(=O)C(CC(=O)N1CCCC1)NC. The van der Waals surface area contributed by atoms with Crippen molar-refractivity contribution in [3.63, 3.8) is 0 Å². The van der Waals surface area contributed by atoms with E-state index in [9.17, 15) is 19.2 Å². The summed E-state index contributed by atoms with van der Waals surface area (Å²) in [6.45, 7) is 5.20. The summed E-state index contributed by atoms with van der Waals surface area (Å²) in [6.07, 6.45) is 2.73. The van der Waals surface area contributed by atoms with E-state index in [-0.39, 0.29) is 12.3 Å². The van der Waals surface area contributed by atoms with Crippen molar-refractivity contribution in [3.8, 4) is 0 Å². The van der Waals surface area contributed by atoms with E-state index in [1.54, 1.807) is 11.9 Å². The first-order chi connectivity index (χ1) is 11.4. The number of ketones is 1. The Labute approximate surface area is 142 Å². The number of likely N-dealkylation sites (N-methyl/N-ethyl adjacent to an activating group) is 1. The van der Waals surface area contributed by atoms with Crippen LogP contribution in [-0.2, 0) is 19.2 Å². The molecule has 0 aromatic rings. The third kappa shape index (κ3) is 5.92. The van der Waals surface area contributed by atoms with E-state index in [0.29, 0.717) is 6.54 Å². The molecule has 0 aromatic heterocycles. The Morgan fingerprint density at radius 3 is 2.29 bits per heavy atom. The Kier molecular flexibility index (Phi) is 8.39. The lowest BCUT2D eigenvalue weighted by Gasteiger charge is -2.21. The topological polar surface area (TPSA) is 108 Å². The van der Waals surface area contributed by atoms with E-state index >= 15 is 0 Å². The number of nitrogens with one attached hydrogen (secondary N) is 3. The lowest BCUT2D eigenvalue weighted by atomic mass is 10.1. The molecular weight excluding hydrogens is 312 g/mol. The first-order valence-electron chi connectivity index (χ1n) is 8.48. The van der Waals surface area contributed by atoms with E-state index in [2.05, 4.69) is 16.0 Å². The molecule has 3 amide bonds. The average Bonchev–Trinajstić information content (AvgIpc) is 3.10. The average molecular weight is 340 g/mol. The van der Waals surface area contributed by atoms with Crippen LogP contribution in [-0.4, -0.2) is 67.2 Å². The van der Waals surface area contributed by atoms with Gasteiger partial charge in [0.05, 0.1) is 18.5 Å². The highest BCUT2D eigenvalue weighted by Crippen LogP contribution is 2.10. The van der Waals surface area contributed by atoms with Gasteiger partial charge in [0.15, 0.2) is 0 Å². The van der Waals surface area contributed by atoms with Gasteiger partial charge >= 0.3 is 0 Å². The van der Waals surface area contributed by atoms with Crippen LogP contribution in [0.4, 0.5) is 0 Å². The van der Waals surface area contributed by atoms with Gasteiger partial charge in [0, 0.05) is 19.6 Å². The first-order valence-corrected chi connectivity index (χ1v) is 8.48. The van der Waals surface area contributed by atoms with Crippen molar-refractivity contribution < 1.29 is 19.2 Å². The second-order valence-electron chi connectivity index (χ2n) is 5.98. The number of Topliss-reactive ketones (excluding diaryl/α,β-unsaturated/α-hetero) is 1. The number of rotatable bonds is 9. The molecular formula is C16H28N4O4. The number of amides is 3. The summed E-state index contributed by atoms with van der Waals surface area (Å²) < 4.78 is 0. The van der Waals surface area contributed by atoms with Crippen molar-refractivity contribution in [2.75, 3.05) is 26.7 Å². The number of hydrogen-bond acceptors (Lipinski definition) is 5. The first kappa shape index (κ1) is 20.1. The minimum absolute atomic E-state index is 0.0330. The fourth-order valence-corrected chi connectivity index (χ4v) is 2.50. The van der Waals surface area contributed by atoms with Gasteiger partial charge in [-0.05, 0) is 33.2 Å². The number of likely N-dealkylation sites (tertiary alicyclic amines) is 1. The monoisotopic (exact) mass is 340 g/mol. The molecule has 1 aliphatic heterocycles. The highest BCUT2D eigenvalue weighted by atomic mass is 16.2. The molecule has 1 aliphatic rings. The van der Waals surface area contributed by atoms with Crippen LogP contribution in [0.25, 0.3) is 0 Å². The molecule has 8 heteroatoms. The van der Waals surface area contributed by atoms with E-state index in [4.69, 9.17) is 0 Å². The minimum atomic E-state index is -0.938. The van der Waals surface area contributed by atoms with E-state index in [1.165, 1.54) is 6.92 Å². The molecule has 1 fully saturated rings. The van der Waals surface area contributed by atoms with Crippen molar-refractivity contribution in [2.24, 2.45) is 0 Å². The van der Waals surface area contributed by atoms with Crippen LogP contribution in [0.5, 0.6) is 0 Å². The third-order valence-electron chi connectivity index (χ3n) is 4.01. The molecule has 1 heterocycles. The summed E-state index contributed by atoms with van der Waals surface area (Å²) in [4.78, 5) is 49.7. The van der Waals surface area contributed by atoms with Crippen molar-refractivity contribution in [2.45, 2.75) is 51.6 Å². The molecule has 0 saturated carbocycles. The summed E-state index contributed by atoms with van der Waals surface area (Å²) in [5.74, 6) is -1.95. The molecule has 3 N–H and O–H groups in total. The number of carbonyl (C=O) groups is 4. The third-order valence-corrected chi connectivity index (χ3v) is 4.01. The minimum Gasteiger partial charge on any atom is -0.349 e. The maximum Gasteiger partial charge on any atom is 0.289 e. The van der Waals surface area contributed by atoms with Gasteiger partial charge in [0.2, 0.25) is 17.6 Å². The Hall–Kier alpha value is -1.96. The fourth-order valence-electron chi connectivity index (χ4n) is 2.50. The van der Waals surface area contributed by atoms with Gasteiger partial charge in [-0.25, -0.2) is 0 Å². The van der Waals surface area contributed by atoms with E-state index < -0.39 is 29.7 Å². The van der Waals surface area contributed by atoms with Crippen LogP contribution in [0.1, 0.15) is 39.5 Å². The normalized spacial score (nSPS) is 16.4. The van der Waals surface area contributed by atoms with Gasteiger partial charge in [-0.3, -0.25) is 19.2 Å². The van der Waals surface area contributed by atoms with Gasteiger partial charge < -0.3 is 20.9 Å². The molecule has 0 bridgehead atoms. The zero-order valence-corrected chi connectivity index (χ0v) is 14.7. The van der Waals surface area contributed by atoms with Crippen LogP contribution in [0.15, 0.2) is 0 Å². The highest BCUT2D eigenvalue weighted by molar-refractivity contribution is 6.38. The molecule has 136 valence electrons. The summed E-state index contributed by atoms with van der Waals surface area (Å²) in [5, 5.41) is 7.78. The maximum absolute atomic E-state index is 12.2. The smallest absolute Gasteiger partial charge is 0.289 e. The molecule has 1 rings (SSSR count). The lowest BCUT2D eigenvalue weighted by Crippen LogP contribution is -2.52. The van der Waals surface area contributed by atoms with Crippen LogP contribution >= 0.6 is 0 Å². The zero-order valence-electron chi connectivity index (χ0n) is 14.7. The van der Waals surface area contributed by atoms with Gasteiger partial charge in [-0.15, -0.1) is 0 Å². The number of carbonyl (C=O) groups excluding carboxylic acids is 4. The van der Waals surface area contributed by atoms with Crippen LogP contribution in [0.2, 0.25) is 0 Å². The van der Waals surface area contributed by atoms with Crippen molar-refractivity contribution in [1.29, 1.82) is 0 Å². The van der Waals surface area contributed by atoms with E-state index in [1.807, 2.05) is 6.92 Å². The van der Waals surface area contributed by atoms with Crippen LogP contribution in [0, 0.1) is 0 Å². The Bertz CT molecular complexity index is 475. The molecule has 1 saturated heterocycles. The molecule has 0 aliphatic carbocycles. The molecule has 0 aromatic carbocycles. The Balaban J connectivity index is 2.51. The predicted molar refractivity (Wildman–Crippen MR) is 89.2 cm³/mol. The standard InChI is InChI=1S/C16H28N4O4/c1-4-7-18-16(24)14(22)11(2)19-15(23)12(17-3)10-13(21)20-8-5-6-9-20/h11-12,17H,4-10H2,1-3H3,(H,18,24)(H,19,23). The Morgan fingerprint density at radius 2 is 1.75 bits per heavy atom. The summed E-state index contributed by atoms with van der Waals surface area (Å²) in [7, 11) is 1.59. The van der Waals surface area contributed by atoms with Crippen molar-refractivity contribution >= 4 is 23.5 Å². The van der Waals surface area contributed by atoms with Gasteiger partial charge in [0.25, 0.3) is 5.91 Å². The molecule has 2 atom stereocenters. The predicted octanol–water partition coefficient (Wildman–Crippen LogP) is -0.813. The van der Waals surface area contributed by atoms with Crippen LogP contribution in [0.3, 0.4) is 0 Å². The Morgan fingerprint density at radius 1 is 1.12 bits per heavy atom. The molecule has 0 spiro atoms. The largest absolute Gasteiger partial charge is 0.349 e. The molecule has 0 radical (unpaired) electrons. The van der Waals surface area contributed by atoms with Gasteiger partial charge in [0.1, 0.15) is 0 Å². The molecule has 8 nitrogen and oxygen atoms in total. The molecule has 24 heavy (non-hydrogen) atoms. The van der Waals surface area contributed by atoms with Crippen molar-refractivity contribution in [1.82, 2.24) is 20.9 Å². The highest BCUT2D eigenvalue weighted by Gasteiger charge is 2.28.